The molecular weight excluding hydrogens is 284 g/mol. The number of benzene rings is 2. The van der Waals surface area contributed by atoms with Crippen molar-refractivity contribution in [1.29, 1.82) is 0 Å². The van der Waals surface area contributed by atoms with Crippen molar-refractivity contribution in [2.45, 2.75) is 0 Å². The fraction of sp³-hybridized carbons (Fsp3) is 0. The van der Waals surface area contributed by atoms with E-state index in [0.717, 1.165) is 0 Å². The molecule has 110 valence electrons. The number of nitrogens with zero attached hydrogens (tertiary/aromatic N) is 1. The van der Waals surface area contributed by atoms with Gasteiger partial charge in [-0.05, 0) is 18.2 Å². The van der Waals surface area contributed by atoms with Crippen molar-refractivity contribution >= 4 is 22.4 Å². The van der Waals surface area contributed by atoms with E-state index in [0.29, 0.717) is 5.69 Å². The summed E-state index contributed by atoms with van der Waals surface area (Å²) in [7, 11) is 0. The number of fused-ring (bicyclic) bond motifs is 1. The fourth-order valence-corrected chi connectivity index (χ4v) is 2.26. The zero-order valence-electron chi connectivity index (χ0n) is 11.4. The highest BCUT2D eigenvalue weighted by Crippen LogP contribution is 2.24. The Morgan fingerprint density at radius 1 is 0.955 bits per heavy atom. The molecule has 22 heavy (non-hydrogen) atoms. The first-order valence-corrected chi connectivity index (χ1v) is 6.52. The zero-order chi connectivity index (χ0) is 15.7. The number of pyridine rings is 1. The summed E-state index contributed by atoms with van der Waals surface area (Å²) >= 11 is 0. The maximum atomic E-state index is 12.4. The third kappa shape index (κ3) is 2.16. The predicted octanol–water partition coefficient (Wildman–Crippen LogP) is 2.20. The van der Waals surface area contributed by atoms with Gasteiger partial charge in [0.2, 0.25) is 5.88 Å². The van der Waals surface area contributed by atoms with E-state index < -0.39 is 17.3 Å². The Morgan fingerprint density at radius 3 is 2.23 bits per heavy atom. The standard InChI is InChI=1S/C16H12N2O4/c19-14(17-10-6-2-1-3-7-10)13-11-8-4-5-9-12(11)15(20)18(22)16(13)21/h1-9,21-22H,(H,17,19). The lowest BCUT2D eigenvalue weighted by Crippen LogP contribution is -2.23. The van der Waals surface area contributed by atoms with Crippen molar-refractivity contribution in [3.63, 3.8) is 0 Å². The van der Waals surface area contributed by atoms with Crippen LogP contribution in [0.3, 0.4) is 0 Å². The highest BCUT2D eigenvalue weighted by molar-refractivity contribution is 6.14. The quantitative estimate of drug-likeness (QED) is 0.632. The molecule has 0 fully saturated rings. The number of para-hydroxylation sites is 1. The molecule has 1 heterocycles. The van der Waals surface area contributed by atoms with Crippen LogP contribution in [0.5, 0.6) is 5.88 Å². The van der Waals surface area contributed by atoms with Gasteiger partial charge in [-0.3, -0.25) is 9.59 Å². The van der Waals surface area contributed by atoms with Crippen LogP contribution in [0.4, 0.5) is 5.69 Å². The summed E-state index contributed by atoms with van der Waals surface area (Å²) in [5.74, 6) is -1.42. The minimum absolute atomic E-state index is 0.0717. The molecule has 0 bridgehead atoms. The van der Waals surface area contributed by atoms with E-state index in [9.17, 15) is 19.9 Å². The van der Waals surface area contributed by atoms with Crippen LogP contribution in [0.15, 0.2) is 59.4 Å². The van der Waals surface area contributed by atoms with Gasteiger partial charge in [0.1, 0.15) is 5.56 Å². The second-order valence-electron chi connectivity index (χ2n) is 4.68. The molecule has 0 aliphatic carbocycles. The average Bonchev–Trinajstić information content (AvgIpc) is 2.54. The summed E-state index contributed by atoms with van der Waals surface area (Å²) in [6.07, 6.45) is 0. The molecule has 6 heteroatoms. The molecule has 1 aromatic heterocycles. The lowest BCUT2D eigenvalue weighted by molar-refractivity contribution is 0.100. The van der Waals surface area contributed by atoms with Crippen molar-refractivity contribution in [3.8, 4) is 5.88 Å². The third-order valence-corrected chi connectivity index (χ3v) is 3.30. The van der Waals surface area contributed by atoms with Crippen LogP contribution >= 0.6 is 0 Å². The van der Waals surface area contributed by atoms with E-state index in [1.54, 1.807) is 42.5 Å². The number of carbonyl (C=O) groups excluding carboxylic acids is 1. The Balaban J connectivity index is 2.18. The number of aromatic hydroxyl groups is 1. The maximum absolute atomic E-state index is 12.4. The lowest BCUT2D eigenvalue weighted by Gasteiger charge is -2.11. The van der Waals surface area contributed by atoms with Gasteiger partial charge < -0.3 is 15.6 Å². The van der Waals surface area contributed by atoms with Gasteiger partial charge >= 0.3 is 0 Å². The summed E-state index contributed by atoms with van der Waals surface area (Å²) in [6, 6.07) is 14.9. The van der Waals surface area contributed by atoms with Crippen LogP contribution in [0, 0.1) is 0 Å². The maximum Gasteiger partial charge on any atom is 0.294 e. The summed E-state index contributed by atoms with van der Waals surface area (Å²) in [4.78, 5) is 24.3. The van der Waals surface area contributed by atoms with Crippen molar-refractivity contribution < 1.29 is 15.1 Å². The highest BCUT2D eigenvalue weighted by Gasteiger charge is 2.21. The molecule has 0 saturated heterocycles. The van der Waals surface area contributed by atoms with Crippen molar-refractivity contribution in [3.05, 3.63) is 70.5 Å². The molecular formula is C16H12N2O4. The van der Waals surface area contributed by atoms with E-state index in [-0.39, 0.29) is 21.1 Å². The monoisotopic (exact) mass is 296 g/mol. The summed E-state index contributed by atoms with van der Waals surface area (Å²) in [5, 5.41) is 22.7. The molecule has 3 N–H and O–H groups in total. The minimum atomic E-state index is -0.794. The first-order chi connectivity index (χ1) is 10.6. The van der Waals surface area contributed by atoms with Gasteiger partial charge in [0.25, 0.3) is 11.5 Å². The number of amides is 1. The Bertz CT molecular complexity index is 917. The van der Waals surface area contributed by atoms with Gasteiger partial charge in [-0.15, -0.1) is 4.73 Å². The summed E-state index contributed by atoms with van der Waals surface area (Å²) in [5.41, 5.74) is -0.419. The van der Waals surface area contributed by atoms with Crippen LogP contribution in [-0.4, -0.2) is 21.0 Å². The Hall–Kier alpha value is -3.28. The van der Waals surface area contributed by atoms with Gasteiger partial charge in [0, 0.05) is 11.1 Å². The molecule has 0 atom stereocenters. The fourth-order valence-electron chi connectivity index (χ4n) is 2.26. The molecule has 3 rings (SSSR count). The molecule has 2 aromatic carbocycles. The molecule has 0 saturated carbocycles. The SMILES string of the molecule is O=C(Nc1ccccc1)c1c(O)n(O)c(=O)c2ccccc12. The molecule has 0 unspecified atom stereocenters. The summed E-state index contributed by atoms with van der Waals surface area (Å²) in [6.45, 7) is 0. The zero-order valence-corrected chi connectivity index (χ0v) is 11.4. The first-order valence-electron chi connectivity index (χ1n) is 6.52. The van der Waals surface area contributed by atoms with Gasteiger partial charge in [-0.1, -0.05) is 36.4 Å². The number of hydrogen-bond donors (Lipinski definition) is 3. The second kappa shape index (κ2) is 5.25. The van der Waals surface area contributed by atoms with E-state index in [1.807, 2.05) is 0 Å². The van der Waals surface area contributed by atoms with E-state index in [4.69, 9.17) is 0 Å². The van der Waals surface area contributed by atoms with E-state index >= 15 is 0 Å². The van der Waals surface area contributed by atoms with Crippen LogP contribution in [-0.2, 0) is 0 Å². The Labute approximate surface area is 124 Å². The minimum Gasteiger partial charge on any atom is -0.492 e. The van der Waals surface area contributed by atoms with E-state index in [2.05, 4.69) is 5.32 Å². The second-order valence-corrected chi connectivity index (χ2v) is 4.68. The third-order valence-electron chi connectivity index (χ3n) is 3.30. The van der Waals surface area contributed by atoms with Crippen LogP contribution < -0.4 is 10.9 Å². The molecule has 0 aliphatic heterocycles. The molecule has 0 radical (unpaired) electrons. The van der Waals surface area contributed by atoms with E-state index in [1.165, 1.54) is 12.1 Å². The van der Waals surface area contributed by atoms with Crippen molar-refractivity contribution in [2.75, 3.05) is 5.32 Å². The topological polar surface area (TPSA) is 91.6 Å². The first kappa shape index (κ1) is 13.7. The highest BCUT2D eigenvalue weighted by atomic mass is 16.5. The Kier molecular flexibility index (Phi) is 3.27. The van der Waals surface area contributed by atoms with Gasteiger partial charge in [0.05, 0.1) is 5.39 Å². The van der Waals surface area contributed by atoms with Crippen LogP contribution in [0.1, 0.15) is 10.4 Å². The molecule has 1 amide bonds. The number of hydrogen-bond acceptors (Lipinski definition) is 4. The number of aromatic nitrogens is 1. The average molecular weight is 296 g/mol. The number of nitrogens with one attached hydrogen (secondary N) is 1. The van der Waals surface area contributed by atoms with Gasteiger partial charge in [0.15, 0.2) is 0 Å². The van der Waals surface area contributed by atoms with Crippen LogP contribution in [0.2, 0.25) is 0 Å². The van der Waals surface area contributed by atoms with Crippen LogP contribution in [0.25, 0.3) is 10.8 Å². The Morgan fingerprint density at radius 2 is 1.55 bits per heavy atom. The van der Waals surface area contributed by atoms with Crippen molar-refractivity contribution in [1.82, 2.24) is 4.73 Å². The van der Waals surface area contributed by atoms with Gasteiger partial charge in [-0.25, -0.2) is 0 Å². The predicted molar refractivity (Wildman–Crippen MR) is 81.5 cm³/mol. The molecule has 0 spiro atoms. The largest absolute Gasteiger partial charge is 0.492 e. The van der Waals surface area contributed by atoms with Crippen molar-refractivity contribution in [2.24, 2.45) is 0 Å². The molecule has 0 aliphatic rings. The lowest BCUT2D eigenvalue weighted by atomic mass is 10.1. The number of anilines is 1. The smallest absolute Gasteiger partial charge is 0.294 e. The number of carbonyl (C=O) groups is 1. The number of rotatable bonds is 2. The molecule has 3 aromatic rings. The molecule has 6 nitrogen and oxygen atoms in total. The summed E-state index contributed by atoms with van der Waals surface area (Å²) < 4.78 is 0.0717. The van der Waals surface area contributed by atoms with Gasteiger partial charge in [-0.2, -0.15) is 0 Å². The normalized spacial score (nSPS) is 10.5.